The van der Waals surface area contributed by atoms with Gasteiger partial charge in [0, 0.05) is 18.0 Å². The highest BCUT2D eigenvalue weighted by molar-refractivity contribution is 5.41. The number of nitrogens with zero attached hydrogens (tertiary/aromatic N) is 1. The molecule has 2 nitrogen and oxygen atoms in total. The van der Waals surface area contributed by atoms with Crippen LogP contribution in [0.1, 0.15) is 59.8 Å². The zero-order chi connectivity index (χ0) is 17.5. The van der Waals surface area contributed by atoms with Crippen LogP contribution in [0.25, 0.3) is 0 Å². The molecule has 0 amide bonds. The lowest BCUT2D eigenvalue weighted by Crippen LogP contribution is -2.50. The zero-order valence-corrected chi connectivity index (χ0v) is 15.6. The van der Waals surface area contributed by atoms with Crippen molar-refractivity contribution in [1.82, 2.24) is 4.90 Å². The first-order valence-electron chi connectivity index (χ1n) is 10.4. The molecule has 2 aromatic rings. The Morgan fingerprint density at radius 1 is 1.00 bits per heavy atom. The molecular weight excluding hydrogens is 316 g/mol. The van der Waals surface area contributed by atoms with Crippen LogP contribution < -0.4 is 5.73 Å². The van der Waals surface area contributed by atoms with E-state index in [0.29, 0.717) is 17.9 Å². The van der Waals surface area contributed by atoms with Crippen LogP contribution in [0.2, 0.25) is 0 Å². The minimum atomic E-state index is 0.421. The molecule has 2 heteroatoms. The van der Waals surface area contributed by atoms with E-state index in [9.17, 15) is 0 Å². The number of aryl methyl sites for hydroxylation is 1. The van der Waals surface area contributed by atoms with Crippen LogP contribution in [-0.4, -0.2) is 30.1 Å². The molecule has 1 heterocycles. The number of likely N-dealkylation sites (tertiary alicyclic amines) is 1. The summed E-state index contributed by atoms with van der Waals surface area (Å²) in [7, 11) is 0. The van der Waals surface area contributed by atoms with Crippen LogP contribution in [0.15, 0.2) is 48.5 Å². The smallest absolute Gasteiger partial charge is 0.0170 e. The second-order valence-corrected chi connectivity index (χ2v) is 8.68. The van der Waals surface area contributed by atoms with E-state index >= 15 is 0 Å². The second-order valence-electron chi connectivity index (χ2n) is 8.68. The van der Waals surface area contributed by atoms with Gasteiger partial charge < -0.3 is 5.73 Å². The lowest BCUT2D eigenvalue weighted by molar-refractivity contribution is 0.0876. The van der Waals surface area contributed by atoms with E-state index in [1.165, 1.54) is 49.9 Å². The summed E-state index contributed by atoms with van der Waals surface area (Å²) >= 11 is 0. The summed E-state index contributed by atoms with van der Waals surface area (Å²) in [5, 5.41) is 0. The van der Waals surface area contributed by atoms with E-state index in [1.54, 1.807) is 11.1 Å². The minimum absolute atomic E-state index is 0.421. The van der Waals surface area contributed by atoms with Crippen molar-refractivity contribution in [1.29, 1.82) is 0 Å². The van der Waals surface area contributed by atoms with Crippen molar-refractivity contribution in [3.05, 3.63) is 70.8 Å². The fourth-order valence-corrected chi connectivity index (χ4v) is 5.31. The van der Waals surface area contributed by atoms with Crippen molar-refractivity contribution in [2.75, 3.05) is 13.1 Å². The summed E-state index contributed by atoms with van der Waals surface area (Å²) in [4.78, 5) is 2.74. The topological polar surface area (TPSA) is 29.3 Å². The Bertz CT molecular complexity index is 759. The van der Waals surface area contributed by atoms with Crippen molar-refractivity contribution in [3.8, 4) is 0 Å². The molecule has 1 aliphatic heterocycles. The molecule has 5 rings (SSSR count). The van der Waals surface area contributed by atoms with Crippen LogP contribution in [0.4, 0.5) is 0 Å². The van der Waals surface area contributed by atoms with Gasteiger partial charge in [-0.05, 0) is 79.8 Å². The molecule has 2 fully saturated rings. The molecule has 26 heavy (non-hydrogen) atoms. The highest BCUT2D eigenvalue weighted by Crippen LogP contribution is 2.42. The Labute approximate surface area is 157 Å². The summed E-state index contributed by atoms with van der Waals surface area (Å²) in [6.45, 7) is 2.59. The Morgan fingerprint density at radius 3 is 2.50 bits per heavy atom. The van der Waals surface area contributed by atoms with Crippen molar-refractivity contribution in [2.24, 2.45) is 5.73 Å². The molecule has 2 atom stereocenters. The summed E-state index contributed by atoms with van der Waals surface area (Å²) in [5.74, 6) is 1.33. The van der Waals surface area contributed by atoms with Crippen LogP contribution in [0, 0.1) is 0 Å². The maximum Gasteiger partial charge on any atom is 0.0170 e. The third-order valence-corrected chi connectivity index (χ3v) is 7.05. The first kappa shape index (κ1) is 16.5. The Morgan fingerprint density at radius 2 is 1.81 bits per heavy atom. The molecule has 0 radical (unpaired) electrons. The monoisotopic (exact) mass is 346 g/mol. The largest absolute Gasteiger partial charge is 0.328 e. The van der Waals surface area contributed by atoms with Crippen molar-refractivity contribution in [2.45, 2.75) is 62.4 Å². The summed E-state index contributed by atoms with van der Waals surface area (Å²) < 4.78 is 0. The van der Waals surface area contributed by atoms with E-state index in [4.69, 9.17) is 5.73 Å². The van der Waals surface area contributed by atoms with Gasteiger partial charge in [-0.1, -0.05) is 48.5 Å². The molecule has 0 spiro atoms. The summed E-state index contributed by atoms with van der Waals surface area (Å²) in [6.07, 6.45) is 7.43. The van der Waals surface area contributed by atoms with Crippen molar-refractivity contribution < 1.29 is 0 Å². The van der Waals surface area contributed by atoms with E-state index in [0.717, 1.165) is 18.9 Å². The molecule has 2 aromatic carbocycles. The van der Waals surface area contributed by atoms with E-state index in [2.05, 4.69) is 53.4 Å². The molecule has 2 N–H and O–H groups in total. The third-order valence-electron chi connectivity index (χ3n) is 7.05. The average Bonchev–Trinajstić information content (AvgIpc) is 2.60. The molecule has 1 saturated heterocycles. The van der Waals surface area contributed by atoms with Crippen LogP contribution in [-0.2, 0) is 12.8 Å². The van der Waals surface area contributed by atoms with Gasteiger partial charge in [0.05, 0.1) is 0 Å². The van der Waals surface area contributed by atoms with Crippen molar-refractivity contribution >= 4 is 0 Å². The zero-order valence-electron chi connectivity index (χ0n) is 15.6. The van der Waals surface area contributed by atoms with Gasteiger partial charge in [0.15, 0.2) is 0 Å². The Hall–Kier alpha value is -1.64. The predicted molar refractivity (Wildman–Crippen MR) is 108 cm³/mol. The molecule has 0 unspecified atom stereocenters. The lowest BCUT2D eigenvalue weighted by Gasteiger charge is -2.46. The van der Waals surface area contributed by atoms with Crippen LogP contribution in [0.5, 0.6) is 0 Å². The fourth-order valence-electron chi connectivity index (χ4n) is 5.31. The van der Waals surface area contributed by atoms with E-state index in [-0.39, 0.29) is 0 Å². The molecule has 3 aliphatic rings. The average molecular weight is 347 g/mol. The number of nitrogens with two attached hydrogens (primary N) is 1. The number of fused-ring (bicyclic) bond motifs is 1. The quantitative estimate of drug-likeness (QED) is 0.897. The maximum atomic E-state index is 6.05. The lowest BCUT2D eigenvalue weighted by atomic mass is 9.71. The number of benzene rings is 2. The standard InChI is InChI=1S/C24H30N2/c25-21-14-20(15-21)19-8-7-18-9-10-24(26-11-4-12-26)23(22(18)16-19)13-17-5-2-1-3-6-17/h1-3,5-8,16,20-21,23-24H,4,9-15,25H2/t20-,21-,23-,24+/m1/s1. The minimum Gasteiger partial charge on any atom is -0.328 e. The normalized spacial score (nSPS) is 31.0. The molecule has 136 valence electrons. The van der Waals surface area contributed by atoms with E-state index in [1.807, 2.05) is 0 Å². The summed E-state index contributed by atoms with van der Waals surface area (Å²) in [6, 6.07) is 19.6. The highest BCUT2D eigenvalue weighted by atomic mass is 15.2. The summed E-state index contributed by atoms with van der Waals surface area (Å²) in [5.41, 5.74) is 12.3. The van der Waals surface area contributed by atoms with Crippen molar-refractivity contribution in [3.63, 3.8) is 0 Å². The fraction of sp³-hybridized carbons (Fsp3) is 0.500. The molecule has 2 aliphatic carbocycles. The van der Waals surface area contributed by atoms with Gasteiger partial charge in [-0.3, -0.25) is 4.90 Å². The maximum absolute atomic E-state index is 6.05. The van der Waals surface area contributed by atoms with Gasteiger partial charge in [-0.25, -0.2) is 0 Å². The van der Waals surface area contributed by atoms with Crippen LogP contribution in [0.3, 0.4) is 0 Å². The Kier molecular flexibility index (Phi) is 4.34. The van der Waals surface area contributed by atoms with E-state index < -0.39 is 0 Å². The van der Waals surface area contributed by atoms with Gasteiger partial charge in [0.1, 0.15) is 0 Å². The predicted octanol–water partition coefficient (Wildman–Crippen LogP) is 4.24. The molecule has 1 saturated carbocycles. The highest BCUT2D eigenvalue weighted by Gasteiger charge is 2.36. The first-order valence-corrected chi connectivity index (χ1v) is 10.4. The first-order chi connectivity index (χ1) is 12.8. The number of hydrogen-bond donors (Lipinski definition) is 1. The Balaban J connectivity index is 1.48. The number of rotatable bonds is 4. The molecule has 0 aromatic heterocycles. The second kappa shape index (κ2) is 6.83. The SMILES string of the molecule is N[C@H]1C[C@H](c2ccc3c(c2)[C@@H](Cc2ccccc2)[C@@H](N2CCC2)CC3)C1. The molecule has 0 bridgehead atoms. The van der Waals surface area contributed by atoms with Gasteiger partial charge in [0.2, 0.25) is 0 Å². The van der Waals surface area contributed by atoms with Gasteiger partial charge in [-0.15, -0.1) is 0 Å². The van der Waals surface area contributed by atoms with Gasteiger partial charge in [0.25, 0.3) is 0 Å². The third kappa shape index (κ3) is 3.00. The molecular formula is C24H30N2. The van der Waals surface area contributed by atoms with Crippen LogP contribution >= 0.6 is 0 Å². The number of hydrogen-bond acceptors (Lipinski definition) is 2. The van der Waals surface area contributed by atoms with Gasteiger partial charge in [-0.2, -0.15) is 0 Å². The van der Waals surface area contributed by atoms with Gasteiger partial charge >= 0.3 is 0 Å².